The Labute approximate surface area is 144 Å². The van der Waals surface area contributed by atoms with Crippen LogP contribution in [0.4, 0.5) is 5.95 Å². The summed E-state index contributed by atoms with van der Waals surface area (Å²) in [6, 6.07) is 3.10. The second-order valence-electron chi connectivity index (χ2n) is 5.66. The van der Waals surface area contributed by atoms with Crippen molar-refractivity contribution in [2.24, 2.45) is 7.05 Å². The van der Waals surface area contributed by atoms with Gasteiger partial charge in [0.2, 0.25) is 5.95 Å². The molecule has 25 heavy (non-hydrogen) atoms. The Morgan fingerprint density at radius 1 is 1.32 bits per heavy atom. The van der Waals surface area contributed by atoms with E-state index in [4.69, 9.17) is 9.47 Å². The number of anilines is 1. The summed E-state index contributed by atoms with van der Waals surface area (Å²) in [5, 5.41) is 6.48. The fourth-order valence-electron chi connectivity index (χ4n) is 2.75. The molecule has 0 saturated carbocycles. The zero-order chi connectivity index (χ0) is 18.2. The molecule has 0 radical (unpaired) electrons. The average molecular weight is 366 g/mol. The number of nitrogens with one attached hydrogen (secondary N) is 1. The number of amides is 1. The first-order valence-electron chi connectivity index (χ1n) is 7.51. The quantitative estimate of drug-likeness (QED) is 0.852. The van der Waals surface area contributed by atoms with E-state index in [-0.39, 0.29) is 16.4 Å². The lowest BCUT2D eigenvalue weighted by atomic mass is 10.0. The lowest BCUT2D eigenvalue weighted by Gasteiger charge is -2.18. The number of benzene rings is 1. The highest BCUT2D eigenvalue weighted by molar-refractivity contribution is 7.90. The summed E-state index contributed by atoms with van der Waals surface area (Å²) in [4.78, 5) is 16.5. The number of sulfone groups is 1. The molecule has 10 heteroatoms. The van der Waals surface area contributed by atoms with Gasteiger partial charge in [-0.25, -0.2) is 13.1 Å². The monoisotopic (exact) mass is 366 g/mol. The van der Waals surface area contributed by atoms with Crippen molar-refractivity contribution in [2.75, 3.05) is 24.8 Å². The van der Waals surface area contributed by atoms with Crippen molar-refractivity contribution in [3.05, 3.63) is 35.2 Å². The maximum absolute atomic E-state index is 12.5. The maximum Gasteiger partial charge on any atom is 0.258 e. The molecule has 3 rings (SSSR count). The molecule has 2 aromatic rings. The highest BCUT2D eigenvalue weighted by Gasteiger charge is 2.29. The molecular weight excluding hydrogens is 348 g/mol. The zero-order valence-electron chi connectivity index (χ0n) is 14.0. The largest absolute Gasteiger partial charge is 0.346 e. The van der Waals surface area contributed by atoms with Crippen molar-refractivity contribution in [3.8, 4) is 0 Å². The number of aryl methyl sites for hydroxylation is 1. The van der Waals surface area contributed by atoms with Crippen LogP contribution >= 0.6 is 0 Å². The number of hydrogen-bond acceptors (Lipinski definition) is 7. The minimum absolute atomic E-state index is 0.0463. The third-order valence-electron chi connectivity index (χ3n) is 3.86. The normalized spacial score (nSPS) is 15.5. The number of carbonyl (C=O) groups excluding carboxylic acids is 1. The van der Waals surface area contributed by atoms with Gasteiger partial charge in [-0.3, -0.25) is 10.1 Å². The van der Waals surface area contributed by atoms with Crippen LogP contribution in [0.3, 0.4) is 0 Å². The van der Waals surface area contributed by atoms with Gasteiger partial charge in [-0.2, -0.15) is 10.1 Å². The Morgan fingerprint density at radius 3 is 2.56 bits per heavy atom. The second-order valence-corrected chi connectivity index (χ2v) is 7.62. The summed E-state index contributed by atoms with van der Waals surface area (Å²) >= 11 is 0. The molecule has 0 unspecified atom stereocenters. The van der Waals surface area contributed by atoms with E-state index in [1.54, 1.807) is 26.1 Å². The third kappa shape index (κ3) is 3.41. The first-order chi connectivity index (χ1) is 11.8. The second kappa shape index (κ2) is 6.54. The number of aromatic nitrogens is 3. The Balaban J connectivity index is 2.04. The van der Waals surface area contributed by atoms with Gasteiger partial charge in [0.05, 0.1) is 18.1 Å². The smallest absolute Gasteiger partial charge is 0.258 e. The highest BCUT2D eigenvalue weighted by atomic mass is 32.2. The summed E-state index contributed by atoms with van der Waals surface area (Å²) in [6.45, 7) is 2.36. The van der Waals surface area contributed by atoms with Crippen molar-refractivity contribution >= 4 is 21.7 Å². The molecule has 1 aliphatic rings. The van der Waals surface area contributed by atoms with Crippen molar-refractivity contribution in [1.82, 2.24) is 14.8 Å². The van der Waals surface area contributed by atoms with E-state index in [1.165, 1.54) is 11.0 Å². The van der Waals surface area contributed by atoms with Gasteiger partial charge in [0.25, 0.3) is 5.91 Å². The van der Waals surface area contributed by atoms with Crippen LogP contribution in [0.15, 0.2) is 23.4 Å². The maximum atomic E-state index is 12.5. The van der Waals surface area contributed by atoms with Crippen molar-refractivity contribution in [3.63, 3.8) is 0 Å². The predicted octanol–water partition coefficient (Wildman–Crippen LogP) is 0.825. The summed E-state index contributed by atoms with van der Waals surface area (Å²) in [7, 11) is -1.97. The van der Waals surface area contributed by atoms with Crippen LogP contribution in [-0.4, -0.2) is 48.6 Å². The van der Waals surface area contributed by atoms with Crippen LogP contribution in [0.1, 0.15) is 27.8 Å². The molecule has 1 amide bonds. The summed E-state index contributed by atoms with van der Waals surface area (Å²) < 4.78 is 36.9. The van der Waals surface area contributed by atoms with Crippen LogP contribution < -0.4 is 5.32 Å². The fraction of sp³-hybridized carbons (Fsp3) is 0.400. The van der Waals surface area contributed by atoms with Crippen LogP contribution in [0.2, 0.25) is 0 Å². The molecule has 9 nitrogen and oxygen atoms in total. The fourth-order valence-corrected chi connectivity index (χ4v) is 4.01. The van der Waals surface area contributed by atoms with E-state index in [1.807, 2.05) is 0 Å². The first-order valence-corrected chi connectivity index (χ1v) is 9.40. The van der Waals surface area contributed by atoms with Crippen LogP contribution in [0.25, 0.3) is 0 Å². The summed E-state index contributed by atoms with van der Waals surface area (Å²) in [5.41, 5.74) is 0.955. The number of ether oxygens (including phenoxy) is 2. The molecule has 0 atom stereocenters. The van der Waals surface area contributed by atoms with Crippen molar-refractivity contribution in [1.29, 1.82) is 0 Å². The molecule has 1 aromatic carbocycles. The Kier molecular flexibility index (Phi) is 4.58. The van der Waals surface area contributed by atoms with Crippen LogP contribution in [0, 0.1) is 6.92 Å². The summed E-state index contributed by atoms with van der Waals surface area (Å²) in [6.07, 6.45) is 1.65. The molecule has 1 fully saturated rings. The zero-order valence-corrected chi connectivity index (χ0v) is 14.8. The first kappa shape index (κ1) is 17.5. The van der Waals surface area contributed by atoms with Crippen LogP contribution in [-0.2, 0) is 26.4 Å². The molecule has 2 heterocycles. The predicted molar refractivity (Wildman–Crippen MR) is 87.9 cm³/mol. The standard InChI is InChI=1S/C15H18N4O5S/c1-9-10(13(20)18-15-16-8-17-19(15)2)4-5-11(12(9)25(3,21)22)14-23-6-7-24-14/h4-5,8,14H,6-7H2,1-3H3,(H,16,17,18,20). The van der Waals surface area contributed by atoms with E-state index in [0.29, 0.717) is 24.3 Å². The Morgan fingerprint density at radius 2 is 2.00 bits per heavy atom. The number of carbonyl (C=O) groups is 1. The van der Waals surface area contributed by atoms with Gasteiger partial charge in [-0.05, 0) is 18.6 Å². The lowest BCUT2D eigenvalue weighted by Crippen LogP contribution is -2.19. The van der Waals surface area contributed by atoms with Gasteiger partial charge >= 0.3 is 0 Å². The topological polar surface area (TPSA) is 112 Å². The molecular formula is C15H18N4O5S. The molecule has 0 bridgehead atoms. The SMILES string of the molecule is Cc1c(C(=O)Nc2ncnn2C)ccc(C2OCCO2)c1S(C)(=O)=O. The van der Waals surface area contributed by atoms with E-state index in [9.17, 15) is 13.2 Å². The van der Waals surface area contributed by atoms with Gasteiger partial charge in [-0.1, -0.05) is 6.07 Å². The van der Waals surface area contributed by atoms with Gasteiger partial charge in [0.15, 0.2) is 16.1 Å². The third-order valence-corrected chi connectivity index (χ3v) is 5.15. The Hall–Kier alpha value is -2.30. The van der Waals surface area contributed by atoms with E-state index in [2.05, 4.69) is 15.4 Å². The summed E-state index contributed by atoms with van der Waals surface area (Å²) in [5.74, 6) is -0.213. The molecule has 1 saturated heterocycles. The van der Waals surface area contributed by atoms with Gasteiger partial charge in [0.1, 0.15) is 6.33 Å². The van der Waals surface area contributed by atoms with E-state index in [0.717, 1.165) is 6.26 Å². The van der Waals surface area contributed by atoms with Gasteiger partial charge < -0.3 is 9.47 Å². The van der Waals surface area contributed by atoms with Gasteiger partial charge in [0, 0.05) is 24.4 Å². The van der Waals surface area contributed by atoms with Crippen molar-refractivity contribution in [2.45, 2.75) is 18.1 Å². The van der Waals surface area contributed by atoms with E-state index < -0.39 is 22.0 Å². The molecule has 1 aromatic heterocycles. The molecule has 0 aliphatic carbocycles. The van der Waals surface area contributed by atoms with Crippen LogP contribution in [0.5, 0.6) is 0 Å². The molecule has 134 valence electrons. The Bertz CT molecular complexity index is 916. The highest BCUT2D eigenvalue weighted by Crippen LogP contribution is 2.33. The minimum Gasteiger partial charge on any atom is -0.346 e. The average Bonchev–Trinajstić information content (AvgIpc) is 3.18. The van der Waals surface area contributed by atoms with Gasteiger partial charge in [-0.15, -0.1) is 0 Å². The lowest BCUT2D eigenvalue weighted by molar-refractivity contribution is -0.0462. The molecule has 0 spiro atoms. The molecule has 1 N–H and O–H groups in total. The molecule has 1 aliphatic heterocycles. The van der Waals surface area contributed by atoms with E-state index >= 15 is 0 Å². The number of nitrogens with zero attached hydrogens (tertiary/aromatic N) is 3. The number of hydrogen-bond donors (Lipinski definition) is 1. The number of rotatable bonds is 4. The van der Waals surface area contributed by atoms with Crippen molar-refractivity contribution < 1.29 is 22.7 Å². The minimum atomic E-state index is -3.60.